The number of rotatable bonds is 2. The van der Waals surface area contributed by atoms with Crippen LogP contribution in [0, 0.1) is 0 Å². The maximum absolute atomic E-state index is 9.81. The molecule has 1 aromatic rings. The lowest BCUT2D eigenvalue weighted by atomic mass is 10.0. The van der Waals surface area contributed by atoms with Crippen LogP contribution >= 0.6 is 0 Å². The number of hydrogen-bond donors (Lipinski definition) is 2. The van der Waals surface area contributed by atoms with Crippen molar-refractivity contribution in [1.29, 1.82) is 0 Å². The van der Waals surface area contributed by atoms with Gasteiger partial charge in [-0.3, -0.25) is 4.57 Å². The van der Waals surface area contributed by atoms with E-state index in [2.05, 4.69) is 6.58 Å². The molecule has 1 aromatic heterocycles. The molecule has 2 rings (SSSR count). The third-order valence-electron chi connectivity index (χ3n) is 2.50. The van der Waals surface area contributed by atoms with Crippen LogP contribution in [0.3, 0.4) is 0 Å². The van der Waals surface area contributed by atoms with Crippen molar-refractivity contribution in [2.75, 3.05) is 0 Å². The van der Waals surface area contributed by atoms with Gasteiger partial charge < -0.3 is 10.2 Å². The van der Waals surface area contributed by atoms with E-state index in [9.17, 15) is 10.2 Å². The summed E-state index contributed by atoms with van der Waals surface area (Å²) in [4.78, 5) is 0. The smallest absolute Gasteiger partial charge is 0.201 e. The molecule has 1 heterocycles. The van der Waals surface area contributed by atoms with Crippen LogP contribution in [0.5, 0.6) is 11.8 Å². The van der Waals surface area contributed by atoms with Gasteiger partial charge in [0.15, 0.2) is 5.88 Å². The molecule has 0 aliphatic heterocycles. The Balaban J connectivity index is 2.58. The van der Waals surface area contributed by atoms with Crippen molar-refractivity contribution in [1.82, 2.24) is 4.57 Å². The van der Waals surface area contributed by atoms with Crippen LogP contribution < -0.4 is 0 Å². The van der Waals surface area contributed by atoms with Crippen LogP contribution in [0.4, 0.5) is 0 Å². The average Bonchev–Trinajstić information content (AvgIpc) is 2.45. The first-order valence-electron chi connectivity index (χ1n) is 4.66. The zero-order valence-corrected chi connectivity index (χ0v) is 7.90. The normalized spacial score (nSPS) is 14.0. The summed E-state index contributed by atoms with van der Waals surface area (Å²) in [5, 5.41) is 19.6. The summed E-state index contributed by atoms with van der Waals surface area (Å²) in [5.41, 5.74) is 1.59. The molecule has 0 fully saturated rings. The van der Waals surface area contributed by atoms with Gasteiger partial charge in [-0.05, 0) is 12.8 Å². The molecule has 3 heteroatoms. The van der Waals surface area contributed by atoms with Crippen LogP contribution in [-0.4, -0.2) is 14.8 Å². The Morgan fingerprint density at radius 1 is 1.43 bits per heavy atom. The topological polar surface area (TPSA) is 45.4 Å². The lowest BCUT2D eigenvalue weighted by molar-refractivity contribution is 0.377. The number of allylic oxidation sites excluding steroid dienone is 2. The molecule has 0 spiro atoms. The van der Waals surface area contributed by atoms with E-state index >= 15 is 0 Å². The van der Waals surface area contributed by atoms with Crippen LogP contribution in [-0.2, 0) is 13.0 Å². The second kappa shape index (κ2) is 3.25. The van der Waals surface area contributed by atoms with Crippen molar-refractivity contribution in [3.63, 3.8) is 0 Å². The molecule has 0 unspecified atom stereocenters. The van der Waals surface area contributed by atoms with E-state index in [0.717, 1.165) is 24.0 Å². The molecule has 14 heavy (non-hydrogen) atoms. The maximum atomic E-state index is 9.81. The highest BCUT2D eigenvalue weighted by Gasteiger charge is 2.20. The zero-order valence-electron chi connectivity index (χ0n) is 7.90. The van der Waals surface area contributed by atoms with E-state index in [1.54, 1.807) is 6.08 Å². The Hall–Kier alpha value is -1.64. The van der Waals surface area contributed by atoms with Crippen LogP contribution in [0.2, 0.25) is 0 Å². The standard InChI is InChI=1S/C11H13NO2/c1-2-7-12-10(13)8-5-3-4-6-9(8)11(12)14/h2-3,5,13-14H,1,4,6-7H2. The summed E-state index contributed by atoms with van der Waals surface area (Å²) >= 11 is 0. The monoisotopic (exact) mass is 191 g/mol. The van der Waals surface area contributed by atoms with Crippen molar-refractivity contribution < 1.29 is 10.2 Å². The van der Waals surface area contributed by atoms with Crippen LogP contribution in [0.15, 0.2) is 18.7 Å². The van der Waals surface area contributed by atoms with Gasteiger partial charge in [0.25, 0.3) is 0 Å². The Labute approximate surface area is 82.6 Å². The quantitative estimate of drug-likeness (QED) is 0.703. The molecule has 0 amide bonds. The number of nitrogens with zero attached hydrogens (tertiary/aromatic N) is 1. The summed E-state index contributed by atoms with van der Waals surface area (Å²) in [6.45, 7) is 4.01. The molecular weight excluding hydrogens is 178 g/mol. The predicted molar refractivity (Wildman–Crippen MR) is 55.3 cm³/mol. The molecule has 0 aromatic carbocycles. The second-order valence-corrected chi connectivity index (χ2v) is 3.38. The van der Waals surface area contributed by atoms with Crippen molar-refractivity contribution >= 4 is 6.08 Å². The number of hydrogen-bond acceptors (Lipinski definition) is 2. The summed E-state index contributed by atoms with van der Waals surface area (Å²) in [6.07, 6.45) is 7.20. The number of aromatic nitrogens is 1. The summed E-state index contributed by atoms with van der Waals surface area (Å²) in [5.74, 6) is 0.301. The van der Waals surface area contributed by atoms with Gasteiger partial charge in [-0.15, -0.1) is 6.58 Å². The van der Waals surface area contributed by atoms with E-state index in [-0.39, 0.29) is 11.8 Å². The van der Waals surface area contributed by atoms with Crippen molar-refractivity contribution in [2.24, 2.45) is 0 Å². The predicted octanol–water partition coefficient (Wildman–Crippen LogP) is 2.04. The molecular formula is C11H13NO2. The first-order valence-corrected chi connectivity index (χ1v) is 4.66. The van der Waals surface area contributed by atoms with Gasteiger partial charge in [0, 0.05) is 17.7 Å². The molecule has 2 N–H and O–H groups in total. The molecule has 0 atom stereocenters. The fraction of sp³-hybridized carbons (Fsp3) is 0.273. The third kappa shape index (κ3) is 1.13. The summed E-state index contributed by atoms with van der Waals surface area (Å²) in [6, 6.07) is 0. The van der Waals surface area contributed by atoms with Gasteiger partial charge in [-0.1, -0.05) is 18.2 Å². The summed E-state index contributed by atoms with van der Waals surface area (Å²) < 4.78 is 1.47. The molecule has 3 nitrogen and oxygen atoms in total. The average molecular weight is 191 g/mol. The van der Waals surface area contributed by atoms with Crippen molar-refractivity contribution in [3.8, 4) is 11.8 Å². The van der Waals surface area contributed by atoms with Gasteiger partial charge in [0.05, 0.1) is 0 Å². The number of fused-ring (bicyclic) bond motifs is 1. The SMILES string of the molecule is C=CCn1c(O)c2c(c1O)CCC=C2. The molecule has 0 bridgehead atoms. The largest absolute Gasteiger partial charge is 0.494 e. The third-order valence-corrected chi connectivity index (χ3v) is 2.50. The van der Waals surface area contributed by atoms with Crippen molar-refractivity contribution in [2.45, 2.75) is 19.4 Å². The molecule has 74 valence electrons. The van der Waals surface area contributed by atoms with Crippen molar-refractivity contribution in [3.05, 3.63) is 29.9 Å². The van der Waals surface area contributed by atoms with Crippen LogP contribution in [0.25, 0.3) is 6.08 Å². The van der Waals surface area contributed by atoms with Gasteiger partial charge in [0.1, 0.15) is 0 Å². The molecule has 0 saturated carbocycles. The van der Waals surface area contributed by atoms with Gasteiger partial charge in [0.2, 0.25) is 5.88 Å². The molecule has 1 aliphatic carbocycles. The highest BCUT2D eigenvalue weighted by molar-refractivity contribution is 5.65. The first kappa shape index (κ1) is 8.94. The Bertz CT molecular complexity index is 402. The minimum atomic E-state index is 0.133. The summed E-state index contributed by atoms with van der Waals surface area (Å²) in [7, 11) is 0. The van der Waals surface area contributed by atoms with Gasteiger partial charge >= 0.3 is 0 Å². The van der Waals surface area contributed by atoms with E-state index in [0.29, 0.717) is 6.54 Å². The van der Waals surface area contributed by atoms with Gasteiger partial charge in [-0.2, -0.15) is 0 Å². The zero-order chi connectivity index (χ0) is 10.1. The Morgan fingerprint density at radius 3 is 2.86 bits per heavy atom. The second-order valence-electron chi connectivity index (χ2n) is 3.38. The minimum Gasteiger partial charge on any atom is -0.494 e. The highest BCUT2D eigenvalue weighted by atomic mass is 16.3. The van der Waals surface area contributed by atoms with E-state index in [4.69, 9.17) is 0 Å². The molecule has 0 radical (unpaired) electrons. The lowest BCUT2D eigenvalue weighted by Crippen LogP contribution is -1.93. The van der Waals surface area contributed by atoms with Crippen LogP contribution in [0.1, 0.15) is 17.5 Å². The first-order chi connectivity index (χ1) is 6.75. The van der Waals surface area contributed by atoms with E-state index < -0.39 is 0 Å². The highest BCUT2D eigenvalue weighted by Crippen LogP contribution is 2.37. The fourth-order valence-electron chi connectivity index (χ4n) is 1.82. The Kier molecular flexibility index (Phi) is 2.08. The van der Waals surface area contributed by atoms with Gasteiger partial charge in [-0.25, -0.2) is 0 Å². The molecule has 1 aliphatic rings. The maximum Gasteiger partial charge on any atom is 0.201 e. The van der Waals surface area contributed by atoms with E-state index in [1.165, 1.54) is 4.57 Å². The lowest BCUT2D eigenvalue weighted by Gasteiger charge is -2.03. The number of aromatic hydroxyl groups is 2. The minimum absolute atomic E-state index is 0.133. The fourth-order valence-corrected chi connectivity index (χ4v) is 1.82. The Morgan fingerprint density at radius 2 is 2.21 bits per heavy atom. The molecule has 0 saturated heterocycles. The van der Waals surface area contributed by atoms with E-state index in [1.807, 2.05) is 12.2 Å².